The van der Waals surface area contributed by atoms with Gasteiger partial charge in [0.2, 0.25) is 0 Å². The number of benzene rings is 2. The number of hydrogen-bond acceptors (Lipinski definition) is 5. The molecule has 1 aromatic heterocycles. The average Bonchev–Trinajstić information content (AvgIpc) is 3.11. The van der Waals surface area contributed by atoms with Crippen LogP contribution in [0.2, 0.25) is 0 Å². The zero-order valence-electron chi connectivity index (χ0n) is 12.9. The highest BCUT2D eigenvalue weighted by Gasteiger charge is 2.30. The molecule has 2 heterocycles. The summed E-state index contributed by atoms with van der Waals surface area (Å²) in [5.74, 6) is -0.945. The number of nitrogens with zero attached hydrogens (tertiary/aromatic N) is 1. The fraction of sp³-hybridized carbons (Fsp3) is 0.176. The normalized spacial score (nSPS) is 13.5. The molecule has 120 valence electrons. The molecule has 1 N–H and O–H groups in total. The summed E-state index contributed by atoms with van der Waals surface area (Å²) in [6.07, 6.45) is 0.0332. The fourth-order valence-electron chi connectivity index (χ4n) is 2.90. The molecule has 24 heavy (non-hydrogen) atoms. The van der Waals surface area contributed by atoms with Gasteiger partial charge in [-0.25, -0.2) is 9.37 Å². The van der Waals surface area contributed by atoms with Gasteiger partial charge in [-0.1, -0.05) is 12.1 Å². The van der Waals surface area contributed by atoms with Crippen molar-refractivity contribution < 1.29 is 18.9 Å². The molecule has 4 nitrogen and oxygen atoms in total. The van der Waals surface area contributed by atoms with Crippen molar-refractivity contribution in [3.8, 4) is 0 Å². The summed E-state index contributed by atoms with van der Waals surface area (Å²) in [4.78, 5) is 17.0. The number of carbonyl (C=O) groups excluding carboxylic acids is 1. The molecule has 0 bridgehead atoms. The number of carbonyl (C=O) groups is 1. The van der Waals surface area contributed by atoms with Crippen LogP contribution in [0.4, 0.5) is 4.39 Å². The summed E-state index contributed by atoms with van der Waals surface area (Å²) in [5, 5.41) is 10.4. The van der Waals surface area contributed by atoms with E-state index in [1.54, 1.807) is 0 Å². The number of thiazole rings is 1. The van der Waals surface area contributed by atoms with Gasteiger partial charge in [0.25, 0.3) is 0 Å². The first kappa shape index (κ1) is 15.4. The maximum Gasteiger partial charge on any atom is 0.491 e. The molecular formula is C17H13BFNO3S. The number of para-hydroxylation sites is 1. The van der Waals surface area contributed by atoms with Crippen molar-refractivity contribution in [3.63, 3.8) is 0 Å². The molecule has 0 amide bonds. The molecule has 0 fully saturated rings. The molecule has 0 saturated carbocycles. The third-order valence-electron chi connectivity index (χ3n) is 4.17. The highest BCUT2D eigenvalue weighted by molar-refractivity contribution is 7.18. The number of Topliss-reactive ketones (excluding diaryl/α,β-unsaturated/α-hetero) is 1. The van der Waals surface area contributed by atoms with Crippen molar-refractivity contribution in [1.29, 1.82) is 0 Å². The first-order valence-corrected chi connectivity index (χ1v) is 8.35. The van der Waals surface area contributed by atoms with E-state index in [0.717, 1.165) is 15.8 Å². The Morgan fingerprint density at radius 3 is 3.08 bits per heavy atom. The first-order chi connectivity index (χ1) is 11.5. The summed E-state index contributed by atoms with van der Waals surface area (Å²) >= 11 is 1.44. The average molecular weight is 341 g/mol. The van der Waals surface area contributed by atoms with Crippen molar-refractivity contribution >= 4 is 39.9 Å². The third kappa shape index (κ3) is 2.54. The Labute approximate surface area is 142 Å². The second kappa shape index (κ2) is 5.77. The molecule has 0 radical (unpaired) electrons. The minimum atomic E-state index is -1.10. The summed E-state index contributed by atoms with van der Waals surface area (Å²) in [6.45, 7) is 2.12. The van der Waals surface area contributed by atoms with E-state index in [2.05, 4.69) is 4.98 Å². The highest BCUT2D eigenvalue weighted by Crippen LogP contribution is 2.26. The zero-order chi connectivity index (χ0) is 16.8. The number of fused-ring (bicyclic) bond motifs is 2. The predicted octanol–water partition coefficient (Wildman–Crippen LogP) is 2.39. The molecule has 0 unspecified atom stereocenters. The van der Waals surface area contributed by atoms with Crippen molar-refractivity contribution in [2.75, 3.05) is 0 Å². The second-order valence-electron chi connectivity index (χ2n) is 5.82. The Morgan fingerprint density at radius 1 is 1.46 bits per heavy atom. The maximum atomic E-state index is 14.2. The molecule has 0 atom stereocenters. The van der Waals surface area contributed by atoms with Crippen LogP contribution >= 0.6 is 11.3 Å². The molecule has 7 heteroatoms. The largest absolute Gasteiger partial charge is 0.491 e. The van der Waals surface area contributed by atoms with E-state index in [4.69, 9.17) is 4.65 Å². The van der Waals surface area contributed by atoms with Crippen molar-refractivity contribution in [2.45, 2.75) is 20.0 Å². The molecule has 0 aliphatic carbocycles. The van der Waals surface area contributed by atoms with Crippen LogP contribution in [-0.4, -0.2) is 22.9 Å². The van der Waals surface area contributed by atoms with E-state index in [1.165, 1.54) is 23.5 Å². The van der Waals surface area contributed by atoms with Gasteiger partial charge < -0.3 is 9.68 Å². The van der Waals surface area contributed by atoms with Gasteiger partial charge in [0.05, 0.1) is 28.8 Å². The second-order valence-corrected chi connectivity index (χ2v) is 6.94. The van der Waals surface area contributed by atoms with Crippen molar-refractivity contribution in [1.82, 2.24) is 4.98 Å². The molecule has 1 aliphatic heterocycles. The quantitative estimate of drug-likeness (QED) is 0.587. The summed E-state index contributed by atoms with van der Waals surface area (Å²) in [6, 6.07) is 8.53. The Hall–Kier alpha value is -2.09. The van der Waals surface area contributed by atoms with Gasteiger partial charge in [-0.2, -0.15) is 0 Å². The van der Waals surface area contributed by atoms with Crippen LogP contribution in [0.15, 0.2) is 30.3 Å². The lowest BCUT2D eigenvalue weighted by atomic mass is 9.78. The smallest absolute Gasteiger partial charge is 0.423 e. The minimum absolute atomic E-state index is 0.0331. The number of aryl methyl sites for hydroxylation is 1. The Kier molecular flexibility index (Phi) is 3.71. The fourth-order valence-corrected chi connectivity index (χ4v) is 3.94. The highest BCUT2D eigenvalue weighted by atomic mass is 32.1. The molecule has 0 saturated heterocycles. The lowest BCUT2D eigenvalue weighted by Gasteiger charge is -2.05. The van der Waals surface area contributed by atoms with Crippen LogP contribution in [0.3, 0.4) is 0 Å². The van der Waals surface area contributed by atoms with E-state index in [9.17, 15) is 14.2 Å². The van der Waals surface area contributed by atoms with Crippen LogP contribution in [0.25, 0.3) is 10.2 Å². The molecule has 3 aromatic rings. The SMILES string of the molecule is Cc1cccc2sc(CC(=O)c3cc4c(cc3F)COB4O)nc12. The number of aromatic nitrogens is 1. The Balaban J connectivity index is 1.66. The van der Waals surface area contributed by atoms with E-state index in [-0.39, 0.29) is 24.4 Å². The van der Waals surface area contributed by atoms with Gasteiger partial charge in [-0.3, -0.25) is 4.79 Å². The van der Waals surface area contributed by atoms with Crippen LogP contribution in [0, 0.1) is 12.7 Å². The molecule has 4 rings (SSSR count). The van der Waals surface area contributed by atoms with E-state index >= 15 is 0 Å². The summed E-state index contributed by atoms with van der Waals surface area (Å²) in [5.41, 5.74) is 2.93. The molecule has 2 aromatic carbocycles. The summed E-state index contributed by atoms with van der Waals surface area (Å²) in [7, 11) is -1.10. The van der Waals surface area contributed by atoms with Gasteiger partial charge in [0.1, 0.15) is 10.8 Å². The zero-order valence-corrected chi connectivity index (χ0v) is 13.7. The van der Waals surface area contributed by atoms with E-state index in [0.29, 0.717) is 16.0 Å². The molecule has 1 aliphatic rings. The van der Waals surface area contributed by atoms with Crippen molar-refractivity contribution in [3.05, 3.63) is 57.8 Å². The minimum Gasteiger partial charge on any atom is -0.423 e. The Bertz CT molecular complexity index is 972. The number of hydrogen-bond donors (Lipinski definition) is 1. The lowest BCUT2D eigenvalue weighted by Crippen LogP contribution is -2.29. The third-order valence-corrected chi connectivity index (χ3v) is 5.19. The number of ketones is 1. The molecular weight excluding hydrogens is 328 g/mol. The topological polar surface area (TPSA) is 59.4 Å². The van der Waals surface area contributed by atoms with Crippen LogP contribution < -0.4 is 5.46 Å². The number of halogens is 1. The first-order valence-electron chi connectivity index (χ1n) is 7.53. The monoisotopic (exact) mass is 341 g/mol. The van der Waals surface area contributed by atoms with Crippen LogP contribution in [-0.2, 0) is 17.7 Å². The molecule has 0 spiro atoms. The van der Waals surface area contributed by atoms with Gasteiger partial charge in [-0.15, -0.1) is 11.3 Å². The van der Waals surface area contributed by atoms with Crippen LogP contribution in [0.1, 0.15) is 26.5 Å². The predicted molar refractivity (Wildman–Crippen MR) is 91.2 cm³/mol. The van der Waals surface area contributed by atoms with Gasteiger partial charge >= 0.3 is 7.12 Å². The van der Waals surface area contributed by atoms with E-state index in [1.807, 2.05) is 25.1 Å². The van der Waals surface area contributed by atoms with Crippen molar-refractivity contribution in [2.24, 2.45) is 0 Å². The summed E-state index contributed by atoms with van der Waals surface area (Å²) < 4.78 is 20.3. The lowest BCUT2D eigenvalue weighted by molar-refractivity contribution is 0.0989. The maximum absolute atomic E-state index is 14.2. The van der Waals surface area contributed by atoms with Crippen LogP contribution in [0.5, 0.6) is 0 Å². The number of rotatable bonds is 3. The Morgan fingerprint density at radius 2 is 2.29 bits per heavy atom. The van der Waals surface area contributed by atoms with E-state index < -0.39 is 12.9 Å². The van der Waals surface area contributed by atoms with Gasteiger partial charge in [0.15, 0.2) is 5.78 Å². The van der Waals surface area contributed by atoms with Gasteiger partial charge in [-0.05, 0) is 41.7 Å². The standard InChI is InChI=1S/C17H13BFNO3S/c1-9-3-2-4-15-17(9)20-16(24-15)7-14(21)11-6-12-10(5-13(11)19)8-23-18(12)22/h2-6,22H,7-8H2,1H3. The van der Waals surface area contributed by atoms with Gasteiger partial charge in [0, 0.05) is 0 Å².